The number of aliphatic carboxylic acids is 1. The van der Waals surface area contributed by atoms with Crippen LogP contribution in [-0.2, 0) is 9.59 Å². The highest BCUT2D eigenvalue weighted by Crippen LogP contribution is 2.16. The summed E-state index contributed by atoms with van der Waals surface area (Å²) in [6.07, 6.45) is 2.70. The van der Waals surface area contributed by atoms with Crippen LogP contribution in [0.15, 0.2) is 0 Å². The fourth-order valence-electron chi connectivity index (χ4n) is 2.56. The Labute approximate surface area is 114 Å². The van der Waals surface area contributed by atoms with E-state index < -0.39 is 12.0 Å². The topological polar surface area (TPSA) is 86.9 Å². The molecule has 0 spiro atoms. The highest BCUT2D eigenvalue weighted by Gasteiger charge is 2.28. The standard InChI is InChI=1S/C13H25N3O3/c1-3-6-16-7-4-10(5-8-16)15(2)13(19)11(14)9-12(17)18/h10-11H,3-9,14H2,1-2H3,(H,17,18). The van der Waals surface area contributed by atoms with Gasteiger partial charge >= 0.3 is 5.97 Å². The molecule has 1 saturated heterocycles. The first-order valence-corrected chi connectivity index (χ1v) is 6.92. The molecule has 1 atom stereocenters. The summed E-state index contributed by atoms with van der Waals surface area (Å²) in [5.74, 6) is -1.30. The molecule has 0 bridgehead atoms. The van der Waals surface area contributed by atoms with E-state index in [0.717, 1.165) is 38.9 Å². The van der Waals surface area contributed by atoms with Gasteiger partial charge in [-0.05, 0) is 25.8 Å². The van der Waals surface area contributed by atoms with Crippen molar-refractivity contribution in [3.63, 3.8) is 0 Å². The summed E-state index contributed by atoms with van der Waals surface area (Å²) >= 11 is 0. The van der Waals surface area contributed by atoms with Gasteiger partial charge in [0.15, 0.2) is 0 Å². The number of likely N-dealkylation sites (tertiary alicyclic amines) is 1. The third kappa shape index (κ3) is 4.80. The molecule has 3 N–H and O–H groups in total. The van der Waals surface area contributed by atoms with Crippen LogP contribution in [0.2, 0.25) is 0 Å². The first-order valence-electron chi connectivity index (χ1n) is 6.92. The van der Waals surface area contributed by atoms with Crippen LogP contribution in [0, 0.1) is 0 Å². The fourth-order valence-corrected chi connectivity index (χ4v) is 2.56. The monoisotopic (exact) mass is 271 g/mol. The van der Waals surface area contributed by atoms with Gasteiger partial charge in [0.05, 0.1) is 12.5 Å². The lowest BCUT2D eigenvalue weighted by Gasteiger charge is -2.37. The minimum Gasteiger partial charge on any atom is -0.481 e. The number of piperidine rings is 1. The Bertz CT molecular complexity index is 314. The van der Waals surface area contributed by atoms with Crippen LogP contribution in [-0.4, -0.2) is 65.5 Å². The first-order chi connectivity index (χ1) is 8.95. The predicted octanol–water partition coefficient (Wildman–Crippen LogP) is 0.121. The maximum Gasteiger partial charge on any atom is 0.305 e. The first kappa shape index (κ1) is 15.9. The Balaban J connectivity index is 2.43. The van der Waals surface area contributed by atoms with E-state index in [9.17, 15) is 9.59 Å². The number of carboxylic acids is 1. The molecule has 0 saturated carbocycles. The highest BCUT2D eigenvalue weighted by molar-refractivity contribution is 5.86. The van der Waals surface area contributed by atoms with Crippen LogP contribution >= 0.6 is 0 Å². The Morgan fingerprint density at radius 3 is 2.47 bits per heavy atom. The zero-order chi connectivity index (χ0) is 14.4. The third-order valence-corrected chi connectivity index (χ3v) is 3.70. The van der Waals surface area contributed by atoms with Gasteiger partial charge in [0.2, 0.25) is 5.91 Å². The normalized spacial score (nSPS) is 19.1. The molecule has 6 heteroatoms. The van der Waals surface area contributed by atoms with Crippen molar-refractivity contribution >= 4 is 11.9 Å². The number of carboxylic acid groups (broad SMARTS) is 1. The summed E-state index contributed by atoms with van der Waals surface area (Å²) in [4.78, 5) is 26.6. The van der Waals surface area contributed by atoms with E-state index in [-0.39, 0.29) is 18.4 Å². The SMILES string of the molecule is CCCN1CCC(N(C)C(=O)C(N)CC(=O)O)CC1. The summed E-state index contributed by atoms with van der Waals surface area (Å²) < 4.78 is 0. The van der Waals surface area contributed by atoms with Crippen molar-refractivity contribution in [3.8, 4) is 0 Å². The van der Waals surface area contributed by atoms with Gasteiger partial charge in [0.25, 0.3) is 0 Å². The van der Waals surface area contributed by atoms with Gasteiger partial charge in [-0.1, -0.05) is 6.92 Å². The number of carbonyl (C=O) groups is 2. The summed E-state index contributed by atoms with van der Waals surface area (Å²) in [6.45, 7) is 5.24. The molecule has 0 aromatic heterocycles. The van der Waals surface area contributed by atoms with Crippen molar-refractivity contribution in [2.45, 2.75) is 44.7 Å². The molecule has 1 heterocycles. The largest absolute Gasteiger partial charge is 0.481 e. The number of nitrogens with two attached hydrogens (primary N) is 1. The van der Waals surface area contributed by atoms with Crippen molar-refractivity contribution in [1.29, 1.82) is 0 Å². The van der Waals surface area contributed by atoms with Gasteiger partial charge < -0.3 is 20.6 Å². The number of hydrogen-bond donors (Lipinski definition) is 2. The molecule has 6 nitrogen and oxygen atoms in total. The van der Waals surface area contributed by atoms with Crippen LogP contribution in [0.1, 0.15) is 32.6 Å². The number of amides is 1. The molecule has 1 aliphatic heterocycles. The summed E-state index contributed by atoms with van der Waals surface area (Å²) in [7, 11) is 1.73. The lowest BCUT2D eigenvalue weighted by atomic mass is 10.0. The van der Waals surface area contributed by atoms with Gasteiger partial charge in [0, 0.05) is 26.2 Å². The summed E-state index contributed by atoms with van der Waals surface area (Å²) in [6, 6.07) is -0.753. The van der Waals surface area contributed by atoms with E-state index in [1.807, 2.05) is 0 Å². The maximum absolute atomic E-state index is 12.0. The Kier molecular flexibility index (Phi) is 6.24. The van der Waals surface area contributed by atoms with Crippen LogP contribution in [0.3, 0.4) is 0 Å². The minimum absolute atomic E-state index is 0.181. The molecule has 1 amide bonds. The average Bonchev–Trinajstić information content (AvgIpc) is 2.37. The van der Waals surface area contributed by atoms with Gasteiger partial charge in [-0.25, -0.2) is 0 Å². The molecule has 0 aliphatic carbocycles. The van der Waals surface area contributed by atoms with Crippen LogP contribution in [0.4, 0.5) is 0 Å². The zero-order valence-electron chi connectivity index (χ0n) is 11.8. The summed E-state index contributed by atoms with van der Waals surface area (Å²) in [5.41, 5.74) is 5.62. The molecule has 0 radical (unpaired) electrons. The fraction of sp³-hybridized carbons (Fsp3) is 0.846. The van der Waals surface area contributed by atoms with Crippen LogP contribution in [0.5, 0.6) is 0 Å². The van der Waals surface area contributed by atoms with Gasteiger partial charge in [0.1, 0.15) is 0 Å². The molecule has 1 rings (SSSR count). The highest BCUT2D eigenvalue weighted by atomic mass is 16.4. The lowest BCUT2D eigenvalue weighted by molar-refractivity contribution is -0.142. The van der Waals surface area contributed by atoms with E-state index in [2.05, 4.69) is 11.8 Å². The Morgan fingerprint density at radius 1 is 1.42 bits per heavy atom. The van der Waals surface area contributed by atoms with Crippen molar-refractivity contribution in [2.75, 3.05) is 26.7 Å². The quantitative estimate of drug-likeness (QED) is 0.716. The van der Waals surface area contributed by atoms with Crippen molar-refractivity contribution in [3.05, 3.63) is 0 Å². The molecule has 0 aromatic rings. The maximum atomic E-state index is 12.0. The average molecular weight is 271 g/mol. The number of rotatable bonds is 6. The summed E-state index contributed by atoms with van der Waals surface area (Å²) in [5, 5.41) is 8.66. The van der Waals surface area contributed by atoms with E-state index >= 15 is 0 Å². The van der Waals surface area contributed by atoms with Crippen LogP contribution in [0.25, 0.3) is 0 Å². The van der Waals surface area contributed by atoms with E-state index in [0.29, 0.717) is 0 Å². The van der Waals surface area contributed by atoms with Crippen LogP contribution < -0.4 is 5.73 Å². The van der Waals surface area contributed by atoms with Gasteiger partial charge in [-0.3, -0.25) is 9.59 Å². The van der Waals surface area contributed by atoms with Crippen molar-refractivity contribution in [1.82, 2.24) is 9.80 Å². The number of carbonyl (C=O) groups excluding carboxylic acids is 1. The van der Waals surface area contributed by atoms with E-state index in [1.165, 1.54) is 0 Å². The van der Waals surface area contributed by atoms with Crippen molar-refractivity contribution in [2.24, 2.45) is 5.73 Å². The number of likely N-dealkylation sites (N-methyl/N-ethyl adjacent to an activating group) is 1. The van der Waals surface area contributed by atoms with Gasteiger partial charge in [-0.2, -0.15) is 0 Å². The lowest BCUT2D eigenvalue weighted by Crippen LogP contribution is -2.51. The molecular formula is C13H25N3O3. The number of nitrogens with zero attached hydrogens (tertiary/aromatic N) is 2. The second-order valence-corrected chi connectivity index (χ2v) is 5.23. The zero-order valence-corrected chi connectivity index (χ0v) is 11.8. The molecule has 19 heavy (non-hydrogen) atoms. The Hall–Kier alpha value is -1.14. The second-order valence-electron chi connectivity index (χ2n) is 5.23. The number of hydrogen-bond acceptors (Lipinski definition) is 4. The molecule has 1 aliphatic rings. The van der Waals surface area contributed by atoms with E-state index in [4.69, 9.17) is 10.8 Å². The smallest absolute Gasteiger partial charge is 0.305 e. The molecule has 110 valence electrons. The molecule has 1 fully saturated rings. The van der Waals surface area contributed by atoms with Crippen molar-refractivity contribution < 1.29 is 14.7 Å². The molecule has 1 unspecified atom stereocenters. The Morgan fingerprint density at radius 2 is 2.00 bits per heavy atom. The predicted molar refractivity (Wildman–Crippen MR) is 72.8 cm³/mol. The molecule has 0 aromatic carbocycles. The van der Waals surface area contributed by atoms with Gasteiger partial charge in [-0.15, -0.1) is 0 Å². The van der Waals surface area contributed by atoms with E-state index in [1.54, 1.807) is 11.9 Å². The molecular weight excluding hydrogens is 246 g/mol. The minimum atomic E-state index is -1.04. The second kappa shape index (κ2) is 7.45. The third-order valence-electron chi connectivity index (χ3n) is 3.70.